The minimum absolute atomic E-state index is 0.0369. The monoisotopic (exact) mass is 613 g/mol. The number of ether oxygens (including phenoxy) is 1. The molecule has 0 bridgehead atoms. The standard InChI is InChI=1S/C35H39N3O5S/c1-26(2)36-35(40)32(23-28-13-7-5-8-14-28)37(24-29-15-9-6-10-16-29)34(39)25-38(31-17-11-12-18-33(31)43-4)44(41,42)30-21-19-27(3)20-22-30/h5-22,26,32H,23-25H2,1-4H3,(H,36,40)/t32-/m0/s1. The summed E-state index contributed by atoms with van der Waals surface area (Å²) in [6, 6.07) is 30.9. The van der Waals surface area contributed by atoms with Gasteiger partial charge in [-0.25, -0.2) is 8.42 Å². The minimum atomic E-state index is -4.22. The number of para-hydroxylation sites is 2. The normalized spacial score (nSPS) is 11.9. The van der Waals surface area contributed by atoms with Crippen molar-refractivity contribution in [3.05, 3.63) is 126 Å². The van der Waals surface area contributed by atoms with Gasteiger partial charge in [0.15, 0.2) is 0 Å². The molecule has 230 valence electrons. The number of amides is 2. The molecule has 1 atom stereocenters. The number of nitrogens with one attached hydrogen (secondary N) is 1. The number of rotatable bonds is 13. The number of carbonyl (C=O) groups excluding carboxylic acids is 2. The van der Waals surface area contributed by atoms with Crippen LogP contribution in [-0.4, -0.2) is 50.9 Å². The summed E-state index contributed by atoms with van der Waals surface area (Å²) in [7, 11) is -2.77. The van der Waals surface area contributed by atoms with Gasteiger partial charge in [0.05, 0.1) is 17.7 Å². The third-order valence-electron chi connectivity index (χ3n) is 7.14. The van der Waals surface area contributed by atoms with Crippen molar-refractivity contribution in [2.75, 3.05) is 18.0 Å². The van der Waals surface area contributed by atoms with Gasteiger partial charge < -0.3 is 15.0 Å². The van der Waals surface area contributed by atoms with Crippen molar-refractivity contribution < 1.29 is 22.7 Å². The van der Waals surface area contributed by atoms with E-state index < -0.39 is 28.5 Å². The number of hydrogen-bond acceptors (Lipinski definition) is 5. The number of anilines is 1. The Kier molecular flexibility index (Phi) is 10.8. The Morgan fingerprint density at radius 2 is 1.36 bits per heavy atom. The SMILES string of the molecule is COc1ccccc1N(CC(=O)N(Cc1ccccc1)[C@@H](Cc1ccccc1)C(=O)NC(C)C)S(=O)(=O)c1ccc(C)cc1. The van der Waals surface area contributed by atoms with Gasteiger partial charge in [-0.3, -0.25) is 13.9 Å². The highest BCUT2D eigenvalue weighted by Crippen LogP contribution is 2.32. The molecule has 0 saturated heterocycles. The van der Waals surface area contributed by atoms with E-state index in [1.165, 1.54) is 24.1 Å². The molecule has 2 amide bonds. The van der Waals surface area contributed by atoms with E-state index in [9.17, 15) is 18.0 Å². The largest absolute Gasteiger partial charge is 0.495 e. The second-order valence-corrected chi connectivity index (χ2v) is 12.7. The van der Waals surface area contributed by atoms with Crippen LogP contribution in [0, 0.1) is 6.92 Å². The predicted octanol–water partition coefficient (Wildman–Crippen LogP) is 5.36. The molecule has 44 heavy (non-hydrogen) atoms. The third-order valence-corrected chi connectivity index (χ3v) is 8.91. The van der Waals surface area contributed by atoms with Crippen molar-refractivity contribution in [2.24, 2.45) is 0 Å². The smallest absolute Gasteiger partial charge is 0.264 e. The summed E-state index contributed by atoms with van der Waals surface area (Å²) >= 11 is 0. The summed E-state index contributed by atoms with van der Waals surface area (Å²) in [4.78, 5) is 29.7. The summed E-state index contributed by atoms with van der Waals surface area (Å²) in [6.07, 6.45) is 0.247. The highest BCUT2D eigenvalue weighted by molar-refractivity contribution is 7.92. The number of nitrogens with zero attached hydrogens (tertiary/aromatic N) is 2. The maximum Gasteiger partial charge on any atom is 0.264 e. The van der Waals surface area contributed by atoms with E-state index in [0.717, 1.165) is 21.0 Å². The fourth-order valence-electron chi connectivity index (χ4n) is 4.90. The number of benzene rings is 4. The fraction of sp³-hybridized carbons (Fsp3) is 0.257. The van der Waals surface area contributed by atoms with Crippen LogP contribution in [0.15, 0.2) is 114 Å². The van der Waals surface area contributed by atoms with Crippen molar-refractivity contribution in [3.8, 4) is 5.75 Å². The summed E-state index contributed by atoms with van der Waals surface area (Å²) < 4.78 is 35.0. The summed E-state index contributed by atoms with van der Waals surface area (Å²) in [6.45, 7) is 5.14. The van der Waals surface area contributed by atoms with Gasteiger partial charge in [-0.1, -0.05) is 90.5 Å². The number of sulfonamides is 1. The molecule has 0 unspecified atom stereocenters. The van der Waals surface area contributed by atoms with Gasteiger partial charge in [-0.2, -0.15) is 0 Å². The molecular weight excluding hydrogens is 574 g/mol. The first kappa shape index (κ1) is 32.3. The van der Waals surface area contributed by atoms with Gasteiger partial charge in [-0.05, 0) is 56.2 Å². The zero-order valence-corrected chi connectivity index (χ0v) is 26.3. The Hall–Kier alpha value is -4.63. The van der Waals surface area contributed by atoms with Crippen molar-refractivity contribution in [2.45, 2.75) is 50.7 Å². The second kappa shape index (κ2) is 14.7. The van der Waals surface area contributed by atoms with Crippen LogP contribution >= 0.6 is 0 Å². The molecule has 0 aliphatic carbocycles. The lowest BCUT2D eigenvalue weighted by molar-refractivity contribution is -0.140. The van der Waals surface area contributed by atoms with Gasteiger partial charge in [0.25, 0.3) is 10.0 Å². The van der Waals surface area contributed by atoms with Crippen LogP contribution in [-0.2, 0) is 32.6 Å². The molecule has 4 rings (SSSR count). The lowest BCUT2D eigenvalue weighted by atomic mass is 10.0. The average molecular weight is 614 g/mol. The molecular formula is C35H39N3O5S. The summed E-state index contributed by atoms with van der Waals surface area (Å²) in [5.74, 6) is -0.558. The van der Waals surface area contributed by atoms with Crippen LogP contribution in [0.25, 0.3) is 0 Å². The molecule has 4 aromatic carbocycles. The number of hydrogen-bond donors (Lipinski definition) is 1. The lowest BCUT2D eigenvalue weighted by Gasteiger charge is -2.34. The average Bonchev–Trinajstić information content (AvgIpc) is 3.02. The highest BCUT2D eigenvalue weighted by Gasteiger charge is 2.35. The Balaban J connectivity index is 1.82. The molecule has 0 heterocycles. The van der Waals surface area contributed by atoms with Gasteiger partial charge in [-0.15, -0.1) is 0 Å². The van der Waals surface area contributed by atoms with Crippen molar-refractivity contribution in [1.29, 1.82) is 0 Å². The van der Waals surface area contributed by atoms with E-state index in [2.05, 4.69) is 5.32 Å². The van der Waals surface area contributed by atoms with E-state index in [0.29, 0.717) is 5.75 Å². The molecule has 0 aliphatic heterocycles. The van der Waals surface area contributed by atoms with E-state index in [4.69, 9.17) is 4.74 Å². The Labute approximate surface area is 260 Å². The van der Waals surface area contributed by atoms with Crippen molar-refractivity contribution in [1.82, 2.24) is 10.2 Å². The maximum absolute atomic E-state index is 14.5. The first-order valence-corrected chi connectivity index (χ1v) is 15.9. The Morgan fingerprint density at radius 1 is 0.795 bits per heavy atom. The van der Waals surface area contributed by atoms with Crippen LogP contribution in [0.3, 0.4) is 0 Å². The molecule has 0 saturated carbocycles. The first-order chi connectivity index (χ1) is 21.1. The third kappa shape index (κ3) is 8.05. The quantitative estimate of drug-likeness (QED) is 0.219. The second-order valence-electron chi connectivity index (χ2n) is 10.9. The van der Waals surface area contributed by atoms with Crippen molar-refractivity contribution >= 4 is 27.5 Å². The van der Waals surface area contributed by atoms with Crippen LogP contribution < -0.4 is 14.4 Å². The molecule has 1 N–H and O–H groups in total. The zero-order chi connectivity index (χ0) is 31.7. The van der Waals surface area contributed by atoms with E-state index in [-0.39, 0.29) is 35.5 Å². The molecule has 4 aromatic rings. The predicted molar refractivity (Wildman–Crippen MR) is 173 cm³/mol. The minimum Gasteiger partial charge on any atom is -0.495 e. The van der Waals surface area contributed by atoms with Crippen LogP contribution in [0.4, 0.5) is 5.69 Å². The number of carbonyl (C=O) groups is 2. The molecule has 0 spiro atoms. The zero-order valence-electron chi connectivity index (χ0n) is 25.5. The summed E-state index contributed by atoms with van der Waals surface area (Å²) in [5, 5.41) is 2.96. The van der Waals surface area contributed by atoms with Gasteiger partial charge >= 0.3 is 0 Å². The van der Waals surface area contributed by atoms with Gasteiger partial charge in [0.1, 0.15) is 18.3 Å². The highest BCUT2D eigenvalue weighted by atomic mass is 32.2. The van der Waals surface area contributed by atoms with Gasteiger partial charge in [0.2, 0.25) is 11.8 Å². The topological polar surface area (TPSA) is 96.0 Å². The molecule has 0 aromatic heterocycles. The first-order valence-electron chi connectivity index (χ1n) is 14.5. The molecule has 0 radical (unpaired) electrons. The fourth-order valence-corrected chi connectivity index (χ4v) is 6.33. The Morgan fingerprint density at radius 3 is 1.95 bits per heavy atom. The van der Waals surface area contributed by atoms with Crippen LogP contribution in [0.2, 0.25) is 0 Å². The molecule has 8 nitrogen and oxygen atoms in total. The van der Waals surface area contributed by atoms with Gasteiger partial charge in [0, 0.05) is 19.0 Å². The lowest BCUT2D eigenvalue weighted by Crippen LogP contribution is -2.54. The van der Waals surface area contributed by atoms with Crippen molar-refractivity contribution in [3.63, 3.8) is 0 Å². The van der Waals surface area contributed by atoms with Crippen LogP contribution in [0.1, 0.15) is 30.5 Å². The van der Waals surface area contributed by atoms with Crippen LogP contribution in [0.5, 0.6) is 5.75 Å². The Bertz CT molecular complexity index is 1640. The van der Waals surface area contributed by atoms with E-state index in [1.807, 2.05) is 81.4 Å². The number of aryl methyl sites for hydroxylation is 1. The molecule has 9 heteroatoms. The summed E-state index contributed by atoms with van der Waals surface area (Å²) in [5.41, 5.74) is 2.80. The maximum atomic E-state index is 14.5. The molecule has 0 aliphatic rings. The molecule has 0 fully saturated rings. The van der Waals surface area contributed by atoms with E-state index >= 15 is 0 Å². The number of methoxy groups -OCH3 is 1. The van der Waals surface area contributed by atoms with E-state index in [1.54, 1.807) is 36.4 Å².